The molecule has 1 fully saturated rings. The van der Waals surface area contributed by atoms with Crippen molar-refractivity contribution in [2.45, 2.75) is 37.6 Å². The van der Waals surface area contributed by atoms with E-state index in [1.54, 1.807) is 0 Å². The molecule has 1 unspecified atom stereocenters. The van der Waals surface area contributed by atoms with Crippen molar-refractivity contribution in [1.82, 2.24) is 4.90 Å². The second-order valence-electron chi connectivity index (χ2n) is 3.88. The summed E-state index contributed by atoms with van der Waals surface area (Å²) in [6.07, 6.45) is 2.69. The highest BCUT2D eigenvalue weighted by Gasteiger charge is 2.30. The highest BCUT2D eigenvalue weighted by Crippen LogP contribution is 2.25. The number of nitrogens with two attached hydrogens (primary N) is 1. The minimum absolute atomic E-state index is 0.0709. The maximum atomic E-state index is 12.8. The monoisotopic (exact) mass is 192 g/mol. The second kappa shape index (κ2) is 4.33. The Morgan fingerprint density at radius 2 is 2.23 bits per heavy atom. The molecular weight excluding hydrogens is 174 g/mol. The van der Waals surface area contributed by atoms with E-state index in [2.05, 4.69) is 4.90 Å². The van der Waals surface area contributed by atoms with Crippen LogP contribution in [-0.2, 0) is 0 Å². The standard InChI is InChI=1S/C9H18F2N2/c1-13-6-2-3-8(13)4-5-9(10,11)7-12/h8H,2-7,12H2,1H3. The van der Waals surface area contributed by atoms with E-state index < -0.39 is 12.5 Å². The van der Waals surface area contributed by atoms with Crippen molar-refractivity contribution in [3.05, 3.63) is 0 Å². The van der Waals surface area contributed by atoms with Crippen LogP contribution in [-0.4, -0.2) is 37.0 Å². The highest BCUT2D eigenvalue weighted by molar-refractivity contribution is 4.79. The van der Waals surface area contributed by atoms with Gasteiger partial charge in [-0.15, -0.1) is 0 Å². The number of hydrogen-bond donors (Lipinski definition) is 1. The van der Waals surface area contributed by atoms with Gasteiger partial charge in [-0.25, -0.2) is 8.78 Å². The lowest BCUT2D eigenvalue weighted by Gasteiger charge is -2.21. The van der Waals surface area contributed by atoms with Crippen LogP contribution in [0.2, 0.25) is 0 Å². The average Bonchev–Trinajstić information content (AvgIpc) is 2.48. The highest BCUT2D eigenvalue weighted by atomic mass is 19.3. The predicted octanol–water partition coefficient (Wildman–Crippen LogP) is 1.45. The average molecular weight is 192 g/mol. The van der Waals surface area contributed by atoms with Gasteiger partial charge in [0.05, 0.1) is 6.54 Å². The Labute approximate surface area is 78.1 Å². The van der Waals surface area contributed by atoms with E-state index in [1.165, 1.54) is 0 Å². The SMILES string of the molecule is CN1CCCC1CCC(F)(F)CN. The second-order valence-corrected chi connectivity index (χ2v) is 3.88. The Morgan fingerprint density at radius 1 is 1.54 bits per heavy atom. The lowest BCUT2D eigenvalue weighted by Crippen LogP contribution is -2.32. The van der Waals surface area contributed by atoms with Gasteiger partial charge in [0.1, 0.15) is 0 Å². The molecular formula is C9H18F2N2. The van der Waals surface area contributed by atoms with E-state index in [0.717, 1.165) is 19.4 Å². The molecule has 1 heterocycles. The molecule has 0 aromatic rings. The smallest absolute Gasteiger partial charge is 0.260 e. The van der Waals surface area contributed by atoms with Crippen LogP contribution in [0.15, 0.2) is 0 Å². The minimum atomic E-state index is -2.66. The third-order valence-electron chi connectivity index (χ3n) is 2.81. The maximum absolute atomic E-state index is 12.8. The zero-order valence-corrected chi connectivity index (χ0v) is 8.10. The first-order valence-electron chi connectivity index (χ1n) is 4.83. The van der Waals surface area contributed by atoms with Gasteiger partial charge in [-0.2, -0.15) is 0 Å². The number of likely N-dealkylation sites (tertiary alicyclic amines) is 1. The summed E-state index contributed by atoms with van der Waals surface area (Å²) in [5, 5.41) is 0. The van der Waals surface area contributed by atoms with Crippen LogP contribution in [0.25, 0.3) is 0 Å². The van der Waals surface area contributed by atoms with Crippen LogP contribution in [0.1, 0.15) is 25.7 Å². The summed E-state index contributed by atoms with van der Waals surface area (Å²) < 4.78 is 25.6. The molecule has 1 aliphatic heterocycles. The molecule has 0 aromatic carbocycles. The van der Waals surface area contributed by atoms with Gasteiger partial charge in [-0.1, -0.05) is 0 Å². The molecule has 2 nitrogen and oxygen atoms in total. The van der Waals surface area contributed by atoms with Crippen molar-refractivity contribution in [1.29, 1.82) is 0 Å². The molecule has 0 radical (unpaired) electrons. The molecule has 1 rings (SSSR count). The normalized spacial score (nSPS) is 25.4. The van der Waals surface area contributed by atoms with E-state index in [1.807, 2.05) is 7.05 Å². The molecule has 4 heteroatoms. The molecule has 2 N–H and O–H groups in total. The van der Waals surface area contributed by atoms with Crippen molar-refractivity contribution >= 4 is 0 Å². The van der Waals surface area contributed by atoms with Gasteiger partial charge in [0, 0.05) is 12.5 Å². The Hall–Kier alpha value is -0.220. The van der Waals surface area contributed by atoms with Crippen molar-refractivity contribution in [3.63, 3.8) is 0 Å². The van der Waals surface area contributed by atoms with Crippen LogP contribution in [0.5, 0.6) is 0 Å². The largest absolute Gasteiger partial charge is 0.325 e. The number of nitrogens with zero attached hydrogens (tertiary/aromatic N) is 1. The topological polar surface area (TPSA) is 29.3 Å². The van der Waals surface area contributed by atoms with Gasteiger partial charge >= 0.3 is 0 Å². The van der Waals surface area contributed by atoms with Gasteiger partial charge in [0.15, 0.2) is 0 Å². The zero-order valence-electron chi connectivity index (χ0n) is 8.10. The molecule has 0 aromatic heterocycles. The fourth-order valence-corrected chi connectivity index (χ4v) is 1.82. The van der Waals surface area contributed by atoms with Crippen molar-refractivity contribution in [2.24, 2.45) is 5.73 Å². The maximum Gasteiger partial charge on any atom is 0.260 e. The summed E-state index contributed by atoms with van der Waals surface area (Å²) in [4.78, 5) is 2.16. The Kier molecular flexibility index (Phi) is 3.62. The molecule has 0 saturated carbocycles. The lowest BCUT2D eigenvalue weighted by molar-refractivity contribution is -0.00467. The zero-order chi connectivity index (χ0) is 9.90. The molecule has 1 atom stereocenters. The van der Waals surface area contributed by atoms with Gasteiger partial charge in [-0.3, -0.25) is 0 Å². The summed E-state index contributed by atoms with van der Waals surface area (Å²) in [6, 6.07) is 0.345. The van der Waals surface area contributed by atoms with Crippen LogP contribution in [0, 0.1) is 0 Å². The minimum Gasteiger partial charge on any atom is -0.325 e. The van der Waals surface area contributed by atoms with E-state index in [0.29, 0.717) is 12.5 Å². The molecule has 0 bridgehead atoms. The number of rotatable bonds is 4. The van der Waals surface area contributed by atoms with Crippen molar-refractivity contribution < 1.29 is 8.78 Å². The number of halogens is 2. The van der Waals surface area contributed by atoms with E-state index in [4.69, 9.17) is 5.73 Å². The first-order chi connectivity index (χ1) is 6.05. The first kappa shape index (κ1) is 10.9. The first-order valence-corrected chi connectivity index (χ1v) is 4.83. The molecule has 1 aliphatic rings. The number of hydrogen-bond acceptors (Lipinski definition) is 2. The third kappa shape index (κ3) is 3.19. The van der Waals surface area contributed by atoms with Crippen molar-refractivity contribution in [3.8, 4) is 0 Å². The third-order valence-corrected chi connectivity index (χ3v) is 2.81. The lowest BCUT2D eigenvalue weighted by atomic mass is 10.1. The van der Waals surface area contributed by atoms with Gasteiger partial charge in [0.25, 0.3) is 5.92 Å². The van der Waals surface area contributed by atoms with E-state index in [-0.39, 0.29) is 6.42 Å². The van der Waals surface area contributed by atoms with E-state index in [9.17, 15) is 8.78 Å². The van der Waals surface area contributed by atoms with Crippen LogP contribution < -0.4 is 5.73 Å². The van der Waals surface area contributed by atoms with Crippen LogP contribution >= 0.6 is 0 Å². The summed E-state index contributed by atoms with van der Waals surface area (Å²) in [7, 11) is 2.00. The van der Waals surface area contributed by atoms with Gasteiger partial charge < -0.3 is 10.6 Å². The van der Waals surface area contributed by atoms with Gasteiger partial charge in [-0.05, 0) is 32.9 Å². The predicted molar refractivity (Wildman–Crippen MR) is 48.9 cm³/mol. The quantitative estimate of drug-likeness (QED) is 0.730. The molecule has 13 heavy (non-hydrogen) atoms. The summed E-state index contributed by atoms with van der Waals surface area (Å²) in [5.74, 6) is -2.66. The fraction of sp³-hybridized carbons (Fsp3) is 1.00. The van der Waals surface area contributed by atoms with Gasteiger partial charge in [0.2, 0.25) is 0 Å². The Morgan fingerprint density at radius 3 is 2.69 bits per heavy atom. The molecule has 1 saturated heterocycles. The van der Waals surface area contributed by atoms with E-state index >= 15 is 0 Å². The molecule has 0 amide bonds. The molecule has 78 valence electrons. The summed E-state index contributed by atoms with van der Waals surface area (Å²) >= 11 is 0. The Balaban J connectivity index is 2.25. The van der Waals surface area contributed by atoms with Crippen molar-refractivity contribution in [2.75, 3.05) is 20.1 Å². The fourth-order valence-electron chi connectivity index (χ4n) is 1.82. The Bertz CT molecular complexity index is 162. The van der Waals surface area contributed by atoms with Crippen LogP contribution in [0.3, 0.4) is 0 Å². The number of alkyl halides is 2. The molecule has 0 spiro atoms. The molecule has 0 aliphatic carbocycles. The summed E-state index contributed by atoms with van der Waals surface area (Å²) in [5.41, 5.74) is 4.96. The summed E-state index contributed by atoms with van der Waals surface area (Å²) in [6.45, 7) is 0.516. The van der Waals surface area contributed by atoms with Crippen LogP contribution in [0.4, 0.5) is 8.78 Å².